The molecule has 0 aliphatic rings. The van der Waals surface area contributed by atoms with E-state index < -0.39 is 0 Å². The second-order valence-corrected chi connectivity index (χ2v) is 7.25. The number of anilines is 1. The van der Waals surface area contributed by atoms with Crippen LogP contribution >= 0.6 is 23.2 Å². The topological polar surface area (TPSA) is 59.8 Å². The summed E-state index contributed by atoms with van der Waals surface area (Å²) in [5.74, 6) is -0.380. The van der Waals surface area contributed by atoms with Crippen LogP contribution in [-0.4, -0.2) is 20.4 Å². The van der Waals surface area contributed by atoms with E-state index >= 15 is 0 Å². The Kier molecular flexibility index (Phi) is 4.79. The standard InChI is InChI=1S/C21H16Cl2N4O/c1-12-10-16(26-21(28)19-14(22)4-3-5-15(19)23)20-18(13(12)2)17(6-7-25-20)27-9-8-24-11-27/h3-11H,1-2H3,(H,26,28). The van der Waals surface area contributed by atoms with E-state index in [0.29, 0.717) is 21.2 Å². The summed E-state index contributed by atoms with van der Waals surface area (Å²) in [6.45, 7) is 4.04. The van der Waals surface area contributed by atoms with Gasteiger partial charge in [-0.3, -0.25) is 9.78 Å². The van der Waals surface area contributed by atoms with E-state index in [9.17, 15) is 4.79 Å². The number of aryl methyl sites for hydroxylation is 2. The Hall–Kier alpha value is -2.89. The van der Waals surface area contributed by atoms with E-state index in [4.69, 9.17) is 23.2 Å². The van der Waals surface area contributed by atoms with E-state index in [0.717, 1.165) is 22.2 Å². The van der Waals surface area contributed by atoms with E-state index in [1.807, 2.05) is 36.7 Å². The highest BCUT2D eigenvalue weighted by atomic mass is 35.5. The molecule has 2 aromatic carbocycles. The number of pyridine rings is 1. The molecule has 28 heavy (non-hydrogen) atoms. The summed E-state index contributed by atoms with van der Waals surface area (Å²) in [6.07, 6.45) is 7.04. The Bertz CT molecular complexity index is 1180. The highest BCUT2D eigenvalue weighted by molar-refractivity contribution is 6.40. The number of rotatable bonds is 3. The monoisotopic (exact) mass is 410 g/mol. The molecule has 0 atom stereocenters. The number of nitrogens with one attached hydrogen (secondary N) is 1. The zero-order chi connectivity index (χ0) is 19.8. The number of amides is 1. The summed E-state index contributed by atoms with van der Waals surface area (Å²) in [6, 6.07) is 8.80. The van der Waals surface area contributed by atoms with Crippen molar-refractivity contribution < 1.29 is 4.79 Å². The molecule has 2 aromatic heterocycles. The van der Waals surface area contributed by atoms with Gasteiger partial charge in [-0.25, -0.2) is 4.98 Å². The molecule has 0 fully saturated rings. The molecule has 0 unspecified atom stereocenters. The summed E-state index contributed by atoms with van der Waals surface area (Å²) in [5.41, 5.74) is 4.58. The molecule has 1 N–H and O–H groups in total. The Morgan fingerprint density at radius 1 is 1.11 bits per heavy atom. The van der Waals surface area contributed by atoms with Crippen molar-refractivity contribution in [3.8, 4) is 5.69 Å². The van der Waals surface area contributed by atoms with Crippen molar-refractivity contribution in [1.29, 1.82) is 0 Å². The van der Waals surface area contributed by atoms with Gasteiger partial charge >= 0.3 is 0 Å². The molecule has 1 amide bonds. The van der Waals surface area contributed by atoms with Crippen LogP contribution in [0.1, 0.15) is 21.5 Å². The van der Waals surface area contributed by atoms with Crippen molar-refractivity contribution in [2.45, 2.75) is 13.8 Å². The number of hydrogen-bond acceptors (Lipinski definition) is 3. The fraction of sp³-hybridized carbons (Fsp3) is 0.0952. The van der Waals surface area contributed by atoms with Gasteiger partial charge in [0, 0.05) is 24.0 Å². The second-order valence-electron chi connectivity index (χ2n) is 6.44. The van der Waals surface area contributed by atoms with Gasteiger partial charge in [0.15, 0.2) is 0 Å². The number of aromatic nitrogens is 3. The van der Waals surface area contributed by atoms with Crippen molar-refractivity contribution in [2.24, 2.45) is 0 Å². The summed E-state index contributed by atoms with van der Waals surface area (Å²) in [4.78, 5) is 21.5. The van der Waals surface area contributed by atoms with Crippen molar-refractivity contribution in [1.82, 2.24) is 14.5 Å². The summed E-state index contributed by atoms with van der Waals surface area (Å²) in [7, 11) is 0. The minimum Gasteiger partial charge on any atom is -0.320 e. The number of imidazole rings is 1. The zero-order valence-corrected chi connectivity index (χ0v) is 16.7. The van der Waals surface area contributed by atoms with E-state index in [2.05, 4.69) is 15.3 Å². The summed E-state index contributed by atoms with van der Waals surface area (Å²) >= 11 is 12.4. The molecule has 0 aliphatic heterocycles. The first-order valence-corrected chi connectivity index (χ1v) is 9.35. The molecule has 0 saturated carbocycles. The third kappa shape index (κ3) is 3.13. The lowest BCUT2D eigenvalue weighted by Gasteiger charge is -2.16. The molecule has 140 valence electrons. The van der Waals surface area contributed by atoms with Crippen molar-refractivity contribution in [3.63, 3.8) is 0 Å². The first kappa shape index (κ1) is 18.5. The second kappa shape index (κ2) is 7.26. The van der Waals surface area contributed by atoms with Crippen LogP contribution in [0, 0.1) is 13.8 Å². The van der Waals surface area contributed by atoms with Crippen LogP contribution in [0.15, 0.2) is 55.2 Å². The lowest BCUT2D eigenvalue weighted by molar-refractivity contribution is 0.102. The predicted molar refractivity (Wildman–Crippen MR) is 113 cm³/mol. The third-order valence-electron chi connectivity index (χ3n) is 4.73. The Morgan fingerprint density at radius 2 is 1.86 bits per heavy atom. The van der Waals surface area contributed by atoms with Crippen LogP contribution < -0.4 is 5.32 Å². The average molecular weight is 411 g/mol. The lowest BCUT2D eigenvalue weighted by Crippen LogP contribution is -2.14. The highest BCUT2D eigenvalue weighted by Crippen LogP contribution is 2.33. The first-order chi connectivity index (χ1) is 13.5. The van der Waals surface area contributed by atoms with Crippen LogP contribution in [0.3, 0.4) is 0 Å². The first-order valence-electron chi connectivity index (χ1n) is 8.60. The SMILES string of the molecule is Cc1cc(NC(=O)c2c(Cl)cccc2Cl)c2nccc(-n3ccnc3)c2c1C. The molecule has 0 saturated heterocycles. The third-order valence-corrected chi connectivity index (χ3v) is 5.36. The van der Waals surface area contributed by atoms with Gasteiger partial charge in [0.25, 0.3) is 5.91 Å². The molecular weight excluding hydrogens is 395 g/mol. The highest BCUT2D eigenvalue weighted by Gasteiger charge is 2.18. The van der Waals surface area contributed by atoms with Gasteiger partial charge in [0.05, 0.1) is 38.8 Å². The number of benzene rings is 2. The van der Waals surface area contributed by atoms with E-state index in [1.165, 1.54) is 0 Å². The maximum Gasteiger partial charge on any atom is 0.258 e. The van der Waals surface area contributed by atoms with E-state index in [1.54, 1.807) is 36.9 Å². The molecule has 0 spiro atoms. The smallest absolute Gasteiger partial charge is 0.258 e. The van der Waals surface area contributed by atoms with Crippen LogP contribution in [0.2, 0.25) is 10.0 Å². The van der Waals surface area contributed by atoms with Gasteiger partial charge in [-0.1, -0.05) is 29.3 Å². The molecule has 7 heteroatoms. The summed E-state index contributed by atoms with van der Waals surface area (Å²) < 4.78 is 1.92. The van der Waals surface area contributed by atoms with Gasteiger partial charge in [0.2, 0.25) is 0 Å². The number of nitrogens with zero attached hydrogens (tertiary/aromatic N) is 3. The van der Waals surface area contributed by atoms with Crippen LogP contribution in [0.25, 0.3) is 16.6 Å². The minimum absolute atomic E-state index is 0.239. The molecule has 2 heterocycles. The molecule has 4 aromatic rings. The Morgan fingerprint density at radius 3 is 2.54 bits per heavy atom. The van der Waals surface area contributed by atoms with Crippen molar-refractivity contribution in [3.05, 3.63) is 82.0 Å². The number of halogens is 2. The van der Waals surface area contributed by atoms with Gasteiger partial charge in [0.1, 0.15) is 0 Å². The van der Waals surface area contributed by atoms with Gasteiger partial charge in [-0.2, -0.15) is 0 Å². The van der Waals surface area contributed by atoms with Gasteiger partial charge in [-0.05, 0) is 49.2 Å². The minimum atomic E-state index is -0.380. The van der Waals surface area contributed by atoms with Crippen LogP contribution in [0.4, 0.5) is 5.69 Å². The summed E-state index contributed by atoms with van der Waals surface area (Å²) in [5, 5.41) is 4.47. The maximum absolute atomic E-state index is 12.9. The maximum atomic E-state index is 12.9. The molecular formula is C21H16Cl2N4O. The quantitative estimate of drug-likeness (QED) is 0.478. The molecule has 0 aliphatic carbocycles. The average Bonchev–Trinajstić information content (AvgIpc) is 3.20. The van der Waals surface area contributed by atoms with Crippen LogP contribution in [-0.2, 0) is 0 Å². The largest absolute Gasteiger partial charge is 0.320 e. The lowest BCUT2D eigenvalue weighted by atomic mass is 10.0. The predicted octanol–water partition coefficient (Wildman–Crippen LogP) is 5.60. The number of carbonyl (C=O) groups is 1. The molecule has 0 radical (unpaired) electrons. The zero-order valence-electron chi connectivity index (χ0n) is 15.2. The van der Waals surface area contributed by atoms with Gasteiger partial charge < -0.3 is 9.88 Å². The number of fused-ring (bicyclic) bond motifs is 1. The molecule has 4 rings (SSSR count). The fourth-order valence-electron chi connectivity index (χ4n) is 3.23. The molecule has 5 nitrogen and oxygen atoms in total. The molecule has 0 bridgehead atoms. The number of carbonyl (C=O) groups excluding carboxylic acids is 1. The Labute approximate surface area is 171 Å². The van der Waals surface area contributed by atoms with E-state index in [-0.39, 0.29) is 11.5 Å². The van der Waals surface area contributed by atoms with Crippen LogP contribution in [0.5, 0.6) is 0 Å². The van der Waals surface area contributed by atoms with Crippen molar-refractivity contribution >= 4 is 45.7 Å². The Balaban J connectivity index is 1.88. The fourth-order valence-corrected chi connectivity index (χ4v) is 3.80. The van der Waals surface area contributed by atoms with Crippen molar-refractivity contribution in [2.75, 3.05) is 5.32 Å². The normalized spacial score (nSPS) is 11.0. The van der Waals surface area contributed by atoms with Gasteiger partial charge in [-0.15, -0.1) is 0 Å². The number of hydrogen-bond donors (Lipinski definition) is 1.